The van der Waals surface area contributed by atoms with E-state index in [4.69, 9.17) is 18.0 Å². The molecule has 5 rings (SSSR count). The van der Waals surface area contributed by atoms with E-state index in [9.17, 15) is 0 Å². The fourth-order valence-electron chi connectivity index (χ4n) is 7.43. The van der Waals surface area contributed by atoms with Crippen molar-refractivity contribution >= 4 is 17.2 Å². The first kappa shape index (κ1) is 11.7. The van der Waals surface area contributed by atoms with Crippen LogP contribution in [0.1, 0.15) is 38.7 Å². The van der Waals surface area contributed by atoms with E-state index in [0.717, 1.165) is 16.8 Å². The Morgan fingerprint density at radius 2 is 1.80 bits per heavy atom. The number of nitrogens with two attached hydrogens (primary N) is 1. The predicted molar refractivity (Wildman–Crippen MR) is 84.4 cm³/mol. The molecule has 0 amide bonds. The minimum Gasteiger partial charge on any atom is -0.393 e. The van der Waals surface area contributed by atoms with E-state index < -0.39 is 0 Å². The van der Waals surface area contributed by atoms with Crippen LogP contribution in [0.5, 0.6) is 0 Å². The van der Waals surface area contributed by atoms with Gasteiger partial charge in [0.2, 0.25) is 0 Å². The Hall–Kier alpha value is -0.890. The average Bonchev–Trinajstić information content (AvgIpc) is 2.35. The zero-order valence-corrected chi connectivity index (χ0v) is 13.0. The van der Waals surface area contributed by atoms with Crippen molar-refractivity contribution in [2.24, 2.45) is 33.8 Å². The van der Waals surface area contributed by atoms with Crippen LogP contribution >= 0.6 is 12.2 Å². The van der Waals surface area contributed by atoms with Gasteiger partial charge >= 0.3 is 0 Å². The fourth-order valence-corrected chi connectivity index (χ4v) is 7.75. The van der Waals surface area contributed by atoms with Gasteiger partial charge in [-0.2, -0.15) is 0 Å². The number of benzene rings is 1. The Morgan fingerprint density at radius 3 is 2.40 bits per heavy atom. The Balaban J connectivity index is 1.66. The van der Waals surface area contributed by atoms with Gasteiger partial charge in [-0.3, -0.25) is 0 Å². The van der Waals surface area contributed by atoms with Crippen LogP contribution in [0.4, 0.5) is 0 Å². The van der Waals surface area contributed by atoms with E-state index in [-0.39, 0.29) is 5.41 Å². The van der Waals surface area contributed by atoms with Crippen LogP contribution in [0.2, 0.25) is 0 Å². The number of rotatable bonds is 2. The van der Waals surface area contributed by atoms with Crippen molar-refractivity contribution in [3.8, 4) is 0 Å². The van der Waals surface area contributed by atoms with Crippen LogP contribution in [0.3, 0.4) is 0 Å². The second-order valence-electron chi connectivity index (χ2n) is 8.28. The summed E-state index contributed by atoms with van der Waals surface area (Å²) in [4.78, 5) is 0.806. The summed E-state index contributed by atoms with van der Waals surface area (Å²) in [5.41, 5.74) is 9.30. The molecular formula is C18H21NS. The second kappa shape index (κ2) is 2.85. The molecule has 1 spiro atoms. The molecule has 2 N–H and O–H groups in total. The molecule has 5 unspecified atom stereocenters. The van der Waals surface area contributed by atoms with Gasteiger partial charge in [-0.15, -0.1) is 0 Å². The quantitative estimate of drug-likeness (QED) is 0.838. The summed E-state index contributed by atoms with van der Waals surface area (Å²) in [6.45, 7) is 4.93. The summed E-state index contributed by atoms with van der Waals surface area (Å²) < 4.78 is 0. The first-order chi connectivity index (χ1) is 9.43. The molecule has 2 heteroatoms. The third-order valence-electron chi connectivity index (χ3n) is 7.99. The lowest BCUT2D eigenvalue weighted by molar-refractivity contribution is -0.476. The molecule has 0 saturated heterocycles. The lowest BCUT2D eigenvalue weighted by Gasteiger charge is -2.99. The van der Waals surface area contributed by atoms with Gasteiger partial charge in [0.05, 0.1) is 4.99 Å². The predicted octanol–water partition coefficient (Wildman–Crippen LogP) is 3.67. The Kier molecular flexibility index (Phi) is 1.67. The van der Waals surface area contributed by atoms with Gasteiger partial charge in [0, 0.05) is 10.8 Å². The van der Waals surface area contributed by atoms with Gasteiger partial charge in [0.15, 0.2) is 0 Å². The van der Waals surface area contributed by atoms with Crippen LogP contribution in [0.15, 0.2) is 30.3 Å². The summed E-state index contributed by atoms with van der Waals surface area (Å²) in [6, 6.07) is 11.2. The molecule has 0 aromatic heterocycles. The number of hydrogen-bond acceptors (Lipinski definition) is 1. The molecular weight excluding hydrogens is 262 g/mol. The van der Waals surface area contributed by atoms with Crippen molar-refractivity contribution in [1.29, 1.82) is 0 Å². The highest BCUT2D eigenvalue weighted by Gasteiger charge is 2.98. The molecule has 1 aromatic rings. The average molecular weight is 283 g/mol. The summed E-state index contributed by atoms with van der Waals surface area (Å²) >= 11 is 5.49. The SMILES string of the molecule is CC1(C)C2CC3(C(N)=S)CC4(c5ccccc5)CC1C234. The highest BCUT2D eigenvalue weighted by atomic mass is 32.1. The summed E-state index contributed by atoms with van der Waals surface area (Å²) in [5.74, 6) is 1.67. The largest absolute Gasteiger partial charge is 0.393 e. The minimum absolute atomic E-state index is 0.210. The molecule has 104 valence electrons. The molecule has 4 aliphatic carbocycles. The molecule has 0 heterocycles. The minimum atomic E-state index is 0.210. The van der Waals surface area contributed by atoms with E-state index in [2.05, 4.69) is 44.2 Å². The van der Waals surface area contributed by atoms with Gasteiger partial charge in [-0.25, -0.2) is 0 Å². The van der Waals surface area contributed by atoms with Crippen LogP contribution < -0.4 is 5.73 Å². The van der Waals surface area contributed by atoms with Crippen molar-refractivity contribution in [2.75, 3.05) is 0 Å². The number of thiocarbonyl (C=S) groups is 1. The van der Waals surface area contributed by atoms with Crippen LogP contribution in [0.25, 0.3) is 0 Å². The van der Waals surface area contributed by atoms with Gasteiger partial charge in [-0.1, -0.05) is 56.4 Å². The van der Waals surface area contributed by atoms with E-state index in [1.54, 1.807) is 5.56 Å². The third-order valence-corrected chi connectivity index (χ3v) is 8.38. The van der Waals surface area contributed by atoms with Crippen LogP contribution in [0, 0.1) is 28.1 Å². The third kappa shape index (κ3) is 0.747. The van der Waals surface area contributed by atoms with Crippen molar-refractivity contribution in [3.05, 3.63) is 35.9 Å². The summed E-state index contributed by atoms with van der Waals surface area (Å²) in [5, 5.41) is 0. The standard InChI is InChI=1S/C18H21NS/c1-15(2)12-8-16(11-6-4-3-5-7-11)10-17(14(19)20)9-13(15)18(12,16)17/h3-7,12-13H,8-10H2,1-2H3,(H2,19,20). The van der Waals surface area contributed by atoms with Crippen molar-refractivity contribution < 1.29 is 0 Å². The highest BCUT2D eigenvalue weighted by Crippen LogP contribution is 3.01. The topological polar surface area (TPSA) is 26.0 Å². The lowest BCUT2D eigenvalue weighted by atomic mass is 9.03. The second-order valence-corrected chi connectivity index (χ2v) is 8.71. The Morgan fingerprint density at radius 1 is 1.15 bits per heavy atom. The molecule has 1 nitrogen and oxygen atoms in total. The molecule has 20 heavy (non-hydrogen) atoms. The van der Waals surface area contributed by atoms with Gasteiger partial charge in [-0.05, 0) is 47.5 Å². The lowest BCUT2D eigenvalue weighted by Crippen LogP contribution is -2.98. The Labute approximate surface area is 125 Å². The zero-order chi connectivity index (χ0) is 14.0. The normalized spacial score (nSPS) is 52.3. The molecule has 1 aromatic carbocycles. The molecule has 0 aliphatic heterocycles. The summed E-state index contributed by atoms with van der Waals surface area (Å²) in [6.07, 6.45) is 3.81. The van der Waals surface area contributed by atoms with E-state index in [1.165, 1.54) is 19.3 Å². The molecule has 0 bridgehead atoms. The van der Waals surface area contributed by atoms with Gasteiger partial charge < -0.3 is 5.73 Å². The zero-order valence-electron chi connectivity index (χ0n) is 12.1. The van der Waals surface area contributed by atoms with Crippen LogP contribution in [-0.4, -0.2) is 4.99 Å². The molecule has 0 radical (unpaired) electrons. The smallest absolute Gasteiger partial charge is 0.0796 e. The highest BCUT2D eigenvalue weighted by molar-refractivity contribution is 7.80. The fraction of sp³-hybridized carbons (Fsp3) is 0.611. The van der Waals surface area contributed by atoms with Crippen molar-refractivity contribution in [3.63, 3.8) is 0 Å². The molecule has 4 saturated carbocycles. The van der Waals surface area contributed by atoms with E-state index in [0.29, 0.717) is 16.2 Å². The summed E-state index contributed by atoms with van der Waals surface area (Å²) in [7, 11) is 0. The molecule has 4 fully saturated rings. The molecule has 4 aliphatic rings. The maximum absolute atomic E-state index is 6.19. The maximum atomic E-state index is 6.19. The first-order valence-electron chi connectivity index (χ1n) is 7.79. The Bertz CT molecular complexity index is 641. The maximum Gasteiger partial charge on any atom is 0.0796 e. The van der Waals surface area contributed by atoms with Crippen molar-refractivity contribution in [1.82, 2.24) is 0 Å². The van der Waals surface area contributed by atoms with Gasteiger partial charge in [0.1, 0.15) is 0 Å². The van der Waals surface area contributed by atoms with E-state index >= 15 is 0 Å². The monoisotopic (exact) mass is 283 g/mol. The van der Waals surface area contributed by atoms with Crippen LogP contribution in [-0.2, 0) is 5.41 Å². The first-order valence-corrected chi connectivity index (χ1v) is 8.20. The number of hydrogen-bond donors (Lipinski definition) is 1. The van der Waals surface area contributed by atoms with E-state index in [1.807, 2.05) is 0 Å². The molecule has 5 atom stereocenters. The van der Waals surface area contributed by atoms with Crippen molar-refractivity contribution in [2.45, 2.75) is 38.5 Å². The van der Waals surface area contributed by atoms with Gasteiger partial charge in [0.25, 0.3) is 0 Å².